The Morgan fingerprint density at radius 3 is 2.67 bits per heavy atom. The van der Waals surface area contributed by atoms with Crippen molar-refractivity contribution in [1.29, 1.82) is 0 Å². The number of amides is 2. The number of hydrogen-bond donors (Lipinski definition) is 2. The zero-order valence-corrected chi connectivity index (χ0v) is 15.5. The van der Waals surface area contributed by atoms with Gasteiger partial charge in [-0.15, -0.1) is 0 Å². The summed E-state index contributed by atoms with van der Waals surface area (Å²) in [6.07, 6.45) is 9.66. The number of aromatic nitrogens is 1. The van der Waals surface area contributed by atoms with Gasteiger partial charge in [-0.3, -0.25) is 14.6 Å². The molecule has 0 saturated heterocycles. The second kappa shape index (κ2) is 9.16. The number of pyridine rings is 1. The Kier molecular flexibility index (Phi) is 6.41. The highest BCUT2D eigenvalue weighted by Gasteiger charge is 2.17. The normalized spacial score (nSPS) is 14.4. The van der Waals surface area contributed by atoms with Gasteiger partial charge in [0.25, 0.3) is 5.91 Å². The first-order valence-corrected chi connectivity index (χ1v) is 9.35. The van der Waals surface area contributed by atoms with E-state index in [1.54, 1.807) is 36.5 Å². The summed E-state index contributed by atoms with van der Waals surface area (Å²) in [6, 6.07) is 8.60. The van der Waals surface area contributed by atoms with Crippen molar-refractivity contribution in [2.45, 2.75) is 38.5 Å². The van der Waals surface area contributed by atoms with Crippen molar-refractivity contribution in [3.63, 3.8) is 0 Å². The Balaban J connectivity index is 1.63. The third-order valence-electron chi connectivity index (χ3n) is 4.86. The molecular formula is C21H25N3O3. The third-order valence-corrected chi connectivity index (χ3v) is 4.86. The summed E-state index contributed by atoms with van der Waals surface area (Å²) in [5.41, 5.74) is 1.66. The molecule has 0 bridgehead atoms. The van der Waals surface area contributed by atoms with Crippen LogP contribution in [0, 0.1) is 5.92 Å². The van der Waals surface area contributed by atoms with E-state index in [9.17, 15) is 9.59 Å². The fourth-order valence-electron chi connectivity index (χ4n) is 3.43. The van der Waals surface area contributed by atoms with Crippen LogP contribution >= 0.6 is 0 Å². The molecule has 1 aliphatic carbocycles. The van der Waals surface area contributed by atoms with Gasteiger partial charge < -0.3 is 15.4 Å². The molecule has 1 aliphatic rings. The van der Waals surface area contributed by atoms with Gasteiger partial charge in [0.1, 0.15) is 5.75 Å². The number of methoxy groups -OCH3 is 1. The molecule has 6 heteroatoms. The molecule has 2 aromatic rings. The van der Waals surface area contributed by atoms with Crippen molar-refractivity contribution in [3.8, 4) is 5.75 Å². The van der Waals surface area contributed by atoms with Crippen LogP contribution in [0.3, 0.4) is 0 Å². The van der Waals surface area contributed by atoms with Crippen molar-refractivity contribution < 1.29 is 14.3 Å². The minimum atomic E-state index is -0.268. The fourth-order valence-corrected chi connectivity index (χ4v) is 3.43. The number of carbonyl (C=O) groups excluding carboxylic acids is 2. The summed E-state index contributed by atoms with van der Waals surface area (Å²) < 4.78 is 5.37. The first-order valence-electron chi connectivity index (χ1n) is 9.35. The topological polar surface area (TPSA) is 80.3 Å². The van der Waals surface area contributed by atoms with Crippen LogP contribution in [0.2, 0.25) is 0 Å². The molecule has 3 rings (SSSR count). The SMILES string of the molecule is COc1cc(NC(=O)CC2CCCCC2)ccc1NC(=O)c1cccnc1. The third kappa shape index (κ3) is 5.29. The van der Waals surface area contributed by atoms with Gasteiger partial charge in [-0.1, -0.05) is 19.3 Å². The zero-order chi connectivity index (χ0) is 19.1. The van der Waals surface area contributed by atoms with Gasteiger partial charge >= 0.3 is 0 Å². The number of hydrogen-bond acceptors (Lipinski definition) is 4. The number of nitrogens with one attached hydrogen (secondary N) is 2. The first kappa shape index (κ1) is 18.9. The molecule has 0 spiro atoms. The second-order valence-corrected chi connectivity index (χ2v) is 6.87. The standard InChI is InChI=1S/C21H25N3O3/c1-27-19-13-17(23-20(25)12-15-6-3-2-4-7-15)9-10-18(19)24-21(26)16-8-5-11-22-14-16/h5,8-11,13-15H,2-4,6-7,12H2,1H3,(H,23,25)(H,24,26). The molecule has 0 aliphatic heterocycles. The maximum atomic E-state index is 12.3. The van der Waals surface area contributed by atoms with Crippen LogP contribution in [0.15, 0.2) is 42.7 Å². The summed E-state index contributed by atoms with van der Waals surface area (Å²) in [7, 11) is 1.53. The lowest BCUT2D eigenvalue weighted by Gasteiger charge is -2.21. The van der Waals surface area contributed by atoms with E-state index in [0.29, 0.717) is 35.0 Å². The predicted octanol–water partition coefficient (Wildman–Crippen LogP) is 4.25. The van der Waals surface area contributed by atoms with Crippen molar-refractivity contribution in [1.82, 2.24) is 4.98 Å². The van der Waals surface area contributed by atoms with Gasteiger partial charge in [-0.25, -0.2) is 0 Å². The molecule has 142 valence electrons. The maximum Gasteiger partial charge on any atom is 0.257 e. The number of ether oxygens (including phenoxy) is 1. The van der Waals surface area contributed by atoms with Crippen LogP contribution < -0.4 is 15.4 Å². The molecule has 27 heavy (non-hydrogen) atoms. The van der Waals surface area contributed by atoms with Crippen molar-refractivity contribution in [2.24, 2.45) is 5.92 Å². The van der Waals surface area contributed by atoms with Crippen molar-refractivity contribution in [3.05, 3.63) is 48.3 Å². The highest BCUT2D eigenvalue weighted by atomic mass is 16.5. The van der Waals surface area contributed by atoms with E-state index in [1.165, 1.54) is 32.6 Å². The highest BCUT2D eigenvalue weighted by molar-refractivity contribution is 6.05. The number of nitrogens with zero attached hydrogens (tertiary/aromatic N) is 1. The molecule has 1 fully saturated rings. The molecule has 6 nitrogen and oxygen atoms in total. The molecule has 2 amide bonds. The van der Waals surface area contributed by atoms with Crippen LogP contribution in [0.5, 0.6) is 5.75 Å². The van der Waals surface area contributed by atoms with Gasteiger partial charge in [0.05, 0.1) is 18.4 Å². The molecule has 1 saturated carbocycles. The summed E-state index contributed by atoms with van der Waals surface area (Å²) in [5, 5.41) is 5.74. The molecule has 0 atom stereocenters. The summed E-state index contributed by atoms with van der Waals surface area (Å²) in [6.45, 7) is 0. The molecule has 1 heterocycles. The maximum absolute atomic E-state index is 12.3. The summed E-state index contributed by atoms with van der Waals surface area (Å²) >= 11 is 0. The molecular weight excluding hydrogens is 342 g/mol. The molecule has 0 radical (unpaired) electrons. The van der Waals surface area contributed by atoms with E-state index >= 15 is 0 Å². The van der Waals surface area contributed by atoms with Crippen LogP contribution in [0.1, 0.15) is 48.9 Å². The Bertz CT molecular complexity index is 787. The Hall–Kier alpha value is -2.89. The van der Waals surface area contributed by atoms with Crippen molar-refractivity contribution in [2.75, 3.05) is 17.7 Å². The van der Waals surface area contributed by atoms with E-state index < -0.39 is 0 Å². The van der Waals surface area contributed by atoms with E-state index in [2.05, 4.69) is 15.6 Å². The lowest BCUT2D eigenvalue weighted by Crippen LogP contribution is -2.18. The lowest BCUT2D eigenvalue weighted by atomic mass is 9.87. The quantitative estimate of drug-likeness (QED) is 0.800. The smallest absolute Gasteiger partial charge is 0.257 e. The second-order valence-electron chi connectivity index (χ2n) is 6.87. The molecule has 1 aromatic heterocycles. The lowest BCUT2D eigenvalue weighted by molar-refractivity contribution is -0.117. The van der Waals surface area contributed by atoms with E-state index in [4.69, 9.17) is 4.74 Å². The average Bonchev–Trinajstić information content (AvgIpc) is 2.70. The Morgan fingerprint density at radius 2 is 1.96 bits per heavy atom. The van der Waals surface area contributed by atoms with Crippen LogP contribution in [0.25, 0.3) is 0 Å². The van der Waals surface area contributed by atoms with Gasteiger partial charge in [-0.05, 0) is 43.0 Å². The van der Waals surface area contributed by atoms with Crippen molar-refractivity contribution >= 4 is 23.2 Å². The van der Waals surface area contributed by atoms with Gasteiger partial charge in [-0.2, -0.15) is 0 Å². The zero-order valence-electron chi connectivity index (χ0n) is 15.5. The largest absolute Gasteiger partial charge is 0.494 e. The summed E-state index contributed by atoms with van der Waals surface area (Å²) in [4.78, 5) is 28.5. The van der Waals surface area contributed by atoms with E-state index in [0.717, 1.165) is 12.8 Å². The first-order chi connectivity index (χ1) is 13.2. The minimum Gasteiger partial charge on any atom is -0.494 e. The van der Waals surface area contributed by atoms with E-state index in [1.807, 2.05) is 0 Å². The minimum absolute atomic E-state index is 0.0242. The number of anilines is 2. The van der Waals surface area contributed by atoms with Gasteiger partial charge in [0.2, 0.25) is 5.91 Å². The monoisotopic (exact) mass is 367 g/mol. The average molecular weight is 367 g/mol. The highest BCUT2D eigenvalue weighted by Crippen LogP contribution is 2.30. The van der Waals surface area contributed by atoms with Crippen LogP contribution in [0.4, 0.5) is 11.4 Å². The molecule has 1 aromatic carbocycles. The number of benzene rings is 1. The van der Waals surface area contributed by atoms with Crippen LogP contribution in [-0.2, 0) is 4.79 Å². The summed E-state index contributed by atoms with van der Waals surface area (Å²) in [5.74, 6) is 0.730. The molecule has 0 unspecified atom stereocenters. The Morgan fingerprint density at radius 1 is 1.15 bits per heavy atom. The number of rotatable bonds is 6. The van der Waals surface area contributed by atoms with Gasteiger partial charge in [0, 0.05) is 30.6 Å². The van der Waals surface area contributed by atoms with Crippen LogP contribution in [-0.4, -0.2) is 23.9 Å². The molecule has 2 N–H and O–H groups in total. The fraction of sp³-hybridized carbons (Fsp3) is 0.381. The predicted molar refractivity (Wildman–Crippen MR) is 105 cm³/mol. The Labute approximate surface area is 159 Å². The van der Waals surface area contributed by atoms with Gasteiger partial charge in [0.15, 0.2) is 0 Å². The number of carbonyl (C=O) groups is 2. The van der Waals surface area contributed by atoms with E-state index in [-0.39, 0.29) is 11.8 Å².